The summed E-state index contributed by atoms with van der Waals surface area (Å²) in [4.78, 5) is 8.26. The third-order valence-electron chi connectivity index (χ3n) is 1.35. The lowest BCUT2D eigenvalue weighted by Gasteiger charge is -1.86. The molecule has 12 heavy (non-hydrogen) atoms. The van der Waals surface area contributed by atoms with Crippen LogP contribution >= 0.6 is 38.9 Å². The first-order valence-corrected chi connectivity index (χ1v) is 5.20. The maximum atomic E-state index is 5.78. The molecule has 1 N–H and O–H groups in total. The fraction of sp³-hybridized carbons (Fsp3) is 0. The van der Waals surface area contributed by atoms with Gasteiger partial charge in [0.05, 0.1) is 15.4 Å². The van der Waals surface area contributed by atoms with Crippen molar-refractivity contribution in [3.05, 3.63) is 27.3 Å². The minimum absolute atomic E-state index is 0.775. The summed E-state index contributed by atoms with van der Waals surface area (Å²) in [6, 6.07) is 3.80. The van der Waals surface area contributed by atoms with E-state index >= 15 is 0 Å². The lowest BCUT2D eigenvalue weighted by molar-refractivity contribution is 1.32. The third kappa shape index (κ3) is 1.55. The van der Waals surface area contributed by atoms with Gasteiger partial charge in [0.2, 0.25) is 0 Å². The number of H-pyrrole nitrogens is 1. The molecule has 0 saturated heterocycles. The van der Waals surface area contributed by atoms with Gasteiger partial charge < -0.3 is 4.98 Å². The van der Waals surface area contributed by atoms with E-state index in [1.165, 1.54) is 11.3 Å². The SMILES string of the molecule is Clc1ccc(-c2ncc(Br)[nH]2)s1. The zero-order chi connectivity index (χ0) is 8.55. The molecule has 5 heteroatoms. The van der Waals surface area contributed by atoms with Gasteiger partial charge in [0, 0.05) is 0 Å². The molecule has 2 rings (SSSR count). The number of imidazole rings is 1. The van der Waals surface area contributed by atoms with Crippen LogP contribution in [0, 0.1) is 0 Å². The average Bonchev–Trinajstić information content (AvgIpc) is 2.58. The summed E-state index contributed by atoms with van der Waals surface area (Å²) in [6.45, 7) is 0. The summed E-state index contributed by atoms with van der Waals surface area (Å²) in [5.41, 5.74) is 0. The van der Waals surface area contributed by atoms with Crippen LogP contribution in [0.15, 0.2) is 22.9 Å². The van der Waals surface area contributed by atoms with Crippen molar-refractivity contribution in [3.8, 4) is 10.7 Å². The number of halogens is 2. The van der Waals surface area contributed by atoms with E-state index < -0.39 is 0 Å². The second-order valence-corrected chi connectivity index (χ2v) is 4.75. The van der Waals surface area contributed by atoms with Gasteiger partial charge in [-0.3, -0.25) is 0 Å². The molecule has 0 aromatic carbocycles. The number of thiophene rings is 1. The Kier molecular flexibility index (Phi) is 2.21. The molecule has 2 aromatic heterocycles. The standard InChI is InChI=1S/C7H4BrClN2S/c8-5-3-10-7(11-5)4-1-2-6(9)12-4/h1-3H,(H,10,11). The Morgan fingerprint density at radius 2 is 2.33 bits per heavy atom. The molecule has 0 radical (unpaired) electrons. The highest BCUT2D eigenvalue weighted by atomic mass is 79.9. The smallest absolute Gasteiger partial charge is 0.148 e. The van der Waals surface area contributed by atoms with Crippen molar-refractivity contribution in [2.75, 3.05) is 0 Å². The number of aromatic nitrogens is 2. The third-order valence-corrected chi connectivity index (χ3v) is 2.99. The monoisotopic (exact) mass is 262 g/mol. The minimum atomic E-state index is 0.775. The molecule has 0 fully saturated rings. The van der Waals surface area contributed by atoms with E-state index in [9.17, 15) is 0 Å². The van der Waals surface area contributed by atoms with Crippen LogP contribution in [-0.2, 0) is 0 Å². The Labute approximate surface area is 86.7 Å². The second-order valence-electron chi connectivity index (χ2n) is 2.18. The van der Waals surface area contributed by atoms with Crippen LogP contribution in [0.2, 0.25) is 4.34 Å². The van der Waals surface area contributed by atoms with Gasteiger partial charge in [-0.2, -0.15) is 0 Å². The molecule has 2 heterocycles. The van der Waals surface area contributed by atoms with Gasteiger partial charge in [0.1, 0.15) is 10.4 Å². The van der Waals surface area contributed by atoms with E-state index in [2.05, 4.69) is 25.9 Å². The van der Waals surface area contributed by atoms with Crippen LogP contribution in [0.4, 0.5) is 0 Å². The molecule has 0 amide bonds. The van der Waals surface area contributed by atoms with Crippen LogP contribution in [0.5, 0.6) is 0 Å². The number of hydrogen-bond donors (Lipinski definition) is 1. The molecule has 0 unspecified atom stereocenters. The van der Waals surface area contributed by atoms with E-state index in [1.807, 2.05) is 12.1 Å². The summed E-state index contributed by atoms with van der Waals surface area (Å²) < 4.78 is 1.65. The van der Waals surface area contributed by atoms with Crippen LogP contribution in [-0.4, -0.2) is 9.97 Å². The van der Waals surface area contributed by atoms with E-state index in [1.54, 1.807) is 6.20 Å². The highest BCUT2D eigenvalue weighted by Gasteiger charge is 2.04. The predicted octanol–water partition coefficient (Wildman–Crippen LogP) is 3.55. The summed E-state index contributed by atoms with van der Waals surface area (Å²) >= 11 is 10.6. The highest BCUT2D eigenvalue weighted by molar-refractivity contribution is 9.10. The Bertz CT molecular complexity index is 357. The first-order chi connectivity index (χ1) is 5.75. The summed E-state index contributed by atoms with van der Waals surface area (Å²) in [7, 11) is 0. The number of aromatic amines is 1. The van der Waals surface area contributed by atoms with Gasteiger partial charge in [0.15, 0.2) is 0 Å². The van der Waals surface area contributed by atoms with E-state index in [0.717, 1.165) is 19.6 Å². The van der Waals surface area contributed by atoms with Gasteiger partial charge in [-0.15, -0.1) is 11.3 Å². The summed E-state index contributed by atoms with van der Waals surface area (Å²) in [5, 5.41) is 0. The van der Waals surface area contributed by atoms with Crippen molar-refractivity contribution >= 4 is 38.9 Å². The minimum Gasteiger partial charge on any atom is -0.332 e. The van der Waals surface area contributed by atoms with E-state index in [4.69, 9.17) is 11.6 Å². The van der Waals surface area contributed by atoms with E-state index in [0.29, 0.717) is 0 Å². The topological polar surface area (TPSA) is 28.7 Å². The normalized spacial score (nSPS) is 10.5. The Hall–Kier alpha value is -0.320. The lowest BCUT2D eigenvalue weighted by Crippen LogP contribution is -1.72. The highest BCUT2D eigenvalue weighted by Crippen LogP contribution is 2.29. The van der Waals surface area contributed by atoms with Gasteiger partial charge >= 0.3 is 0 Å². The van der Waals surface area contributed by atoms with Gasteiger partial charge in [-0.05, 0) is 28.1 Å². The molecule has 0 aliphatic heterocycles. The van der Waals surface area contributed by atoms with Crippen molar-refractivity contribution in [1.29, 1.82) is 0 Å². The Morgan fingerprint density at radius 3 is 2.83 bits per heavy atom. The number of rotatable bonds is 1. The molecule has 0 atom stereocenters. The van der Waals surface area contributed by atoms with Crippen molar-refractivity contribution in [2.24, 2.45) is 0 Å². The Balaban J connectivity index is 2.43. The first kappa shape index (κ1) is 8.29. The van der Waals surface area contributed by atoms with E-state index in [-0.39, 0.29) is 0 Å². The molecule has 0 spiro atoms. The van der Waals surface area contributed by atoms with Crippen LogP contribution in [0.1, 0.15) is 0 Å². The fourth-order valence-electron chi connectivity index (χ4n) is 0.866. The lowest BCUT2D eigenvalue weighted by atomic mass is 10.4. The summed E-state index contributed by atoms with van der Waals surface area (Å²) in [5.74, 6) is 0.846. The van der Waals surface area contributed by atoms with Crippen LogP contribution in [0.25, 0.3) is 10.7 Å². The second kappa shape index (κ2) is 3.20. The molecule has 0 aliphatic carbocycles. The maximum absolute atomic E-state index is 5.78. The zero-order valence-electron chi connectivity index (χ0n) is 5.84. The first-order valence-electron chi connectivity index (χ1n) is 3.22. The molecule has 0 aliphatic rings. The Morgan fingerprint density at radius 1 is 1.50 bits per heavy atom. The molecule has 2 nitrogen and oxygen atoms in total. The number of nitrogens with zero attached hydrogens (tertiary/aromatic N) is 1. The fourth-order valence-corrected chi connectivity index (χ4v) is 2.15. The molecular weight excluding hydrogens is 260 g/mol. The quantitative estimate of drug-likeness (QED) is 0.837. The largest absolute Gasteiger partial charge is 0.332 e. The molecule has 0 bridgehead atoms. The summed E-state index contributed by atoms with van der Waals surface area (Å²) in [6.07, 6.45) is 1.73. The van der Waals surface area contributed by atoms with Crippen molar-refractivity contribution in [2.45, 2.75) is 0 Å². The molecular formula is C7H4BrClN2S. The number of nitrogens with one attached hydrogen (secondary N) is 1. The molecule has 2 aromatic rings. The van der Waals surface area contributed by atoms with Crippen molar-refractivity contribution in [1.82, 2.24) is 9.97 Å². The van der Waals surface area contributed by atoms with Crippen molar-refractivity contribution < 1.29 is 0 Å². The van der Waals surface area contributed by atoms with Gasteiger partial charge in [0.25, 0.3) is 0 Å². The number of hydrogen-bond acceptors (Lipinski definition) is 2. The zero-order valence-corrected chi connectivity index (χ0v) is 9.00. The maximum Gasteiger partial charge on any atom is 0.148 e. The van der Waals surface area contributed by atoms with Gasteiger partial charge in [-0.1, -0.05) is 11.6 Å². The molecule has 0 saturated carbocycles. The average molecular weight is 264 g/mol. The van der Waals surface area contributed by atoms with Gasteiger partial charge in [-0.25, -0.2) is 4.98 Å². The molecule has 62 valence electrons. The van der Waals surface area contributed by atoms with Crippen LogP contribution < -0.4 is 0 Å². The van der Waals surface area contributed by atoms with Crippen molar-refractivity contribution in [3.63, 3.8) is 0 Å². The van der Waals surface area contributed by atoms with Crippen LogP contribution in [0.3, 0.4) is 0 Å². The predicted molar refractivity (Wildman–Crippen MR) is 54.6 cm³/mol.